The Hall–Kier alpha value is -3.06. The van der Waals surface area contributed by atoms with Crippen LogP contribution >= 0.6 is 0 Å². The van der Waals surface area contributed by atoms with E-state index in [1.165, 1.54) is 28.8 Å². The van der Waals surface area contributed by atoms with Crippen LogP contribution in [0.25, 0.3) is 5.65 Å². The monoisotopic (exact) mass is 341 g/mol. The lowest BCUT2D eigenvalue weighted by Gasteiger charge is -2.13. The topological polar surface area (TPSA) is 83.7 Å². The Kier molecular flexibility index (Phi) is 4.58. The second kappa shape index (κ2) is 6.82. The highest BCUT2D eigenvalue weighted by molar-refractivity contribution is 5.93. The van der Waals surface area contributed by atoms with Crippen LogP contribution in [-0.2, 0) is 0 Å². The van der Waals surface area contributed by atoms with Gasteiger partial charge in [-0.3, -0.25) is 14.0 Å². The molecule has 1 unspecified atom stereocenters. The molecule has 2 heterocycles. The Morgan fingerprint density at radius 3 is 2.88 bits per heavy atom. The lowest BCUT2D eigenvalue weighted by atomic mass is 10.1. The Morgan fingerprint density at radius 1 is 1.36 bits per heavy atom. The third-order valence-corrected chi connectivity index (χ3v) is 3.83. The summed E-state index contributed by atoms with van der Waals surface area (Å²) in [6.45, 7) is 1.65. The van der Waals surface area contributed by atoms with Crippen LogP contribution < -0.4 is 10.9 Å². The fourth-order valence-corrected chi connectivity index (χ4v) is 2.47. The SMILES string of the molecule is Cc1ccn2c(=O)c(C(=O)NCC(O)c3ccccc3F)cnc2c1. The minimum absolute atomic E-state index is 0.0756. The number of rotatable bonds is 4. The number of nitrogens with zero attached hydrogens (tertiary/aromatic N) is 2. The van der Waals surface area contributed by atoms with Crippen molar-refractivity contribution < 1.29 is 14.3 Å². The van der Waals surface area contributed by atoms with Crippen molar-refractivity contribution in [1.82, 2.24) is 14.7 Å². The molecule has 0 aliphatic heterocycles. The lowest BCUT2D eigenvalue weighted by molar-refractivity contribution is 0.0912. The molecule has 0 spiro atoms. The number of hydrogen-bond donors (Lipinski definition) is 2. The van der Waals surface area contributed by atoms with Gasteiger partial charge in [0.25, 0.3) is 11.5 Å². The summed E-state index contributed by atoms with van der Waals surface area (Å²) >= 11 is 0. The summed E-state index contributed by atoms with van der Waals surface area (Å²) < 4.78 is 14.9. The number of fused-ring (bicyclic) bond motifs is 1. The van der Waals surface area contributed by atoms with E-state index in [-0.39, 0.29) is 17.7 Å². The number of carbonyl (C=O) groups excluding carboxylic acids is 1. The standard InChI is InChI=1S/C18H16FN3O3/c1-11-6-7-22-16(8-11)20-9-13(18(22)25)17(24)21-10-15(23)12-4-2-3-5-14(12)19/h2-9,15,23H,10H2,1H3,(H,21,24). The van der Waals surface area contributed by atoms with E-state index in [4.69, 9.17) is 0 Å². The predicted octanol–water partition coefficient (Wildman–Crippen LogP) is 1.61. The Morgan fingerprint density at radius 2 is 2.12 bits per heavy atom. The molecule has 3 aromatic rings. The highest BCUT2D eigenvalue weighted by Crippen LogP contribution is 2.15. The molecule has 1 aromatic carbocycles. The number of amides is 1. The smallest absolute Gasteiger partial charge is 0.270 e. The van der Waals surface area contributed by atoms with Crippen LogP contribution in [0.2, 0.25) is 0 Å². The molecule has 128 valence electrons. The number of halogens is 1. The summed E-state index contributed by atoms with van der Waals surface area (Å²) in [7, 11) is 0. The first-order chi connectivity index (χ1) is 12.0. The van der Waals surface area contributed by atoms with E-state index in [2.05, 4.69) is 10.3 Å². The van der Waals surface area contributed by atoms with E-state index < -0.39 is 23.4 Å². The van der Waals surface area contributed by atoms with Gasteiger partial charge in [-0.25, -0.2) is 9.37 Å². The maximum atomic E-state index is 13.6. The van der Waals surface area contributed by atoms with Gasteiger partial charge in [-0.1, -0.05) is 18.2 Å². The van der Waals surface area contributed by atoms with Gasteiger partial charge in [0.15, 0.2) is 0 Å². The van der Waals surface area contributed by atoms with E-state index in [1.807, 2.05) is 6.92 Å². The zero-order chi connectivity index (χ0) is 18.0. The molecule has 0 saturated carbocycles. The van der Waals surface area contributed by atoms with Gasteiger partial charge in [0.05, 0.1) is 6.10 Å². The molecule has 1 amide bonds. The summed E-state index contributed by atoms with van der Waals surface area (Å²) in [6, 6.07) is 9.21. The molecule has 0 aliphatic carbocycles. The first kappa shape index (κ1) is 16.8. The van der Waals surface area contributed by atoms with Crippen LogP contribution in [-0.4, -0.2) is 26.9 Å². The summed E-state index contributed by atoms with van der Waals surface area (Å²) in [5.41, 5.74) is 0.793. The van der Waals surface area contributed by atoms with Gasteiger partial charge in [-0.2, -0.15) is 0 Å². The van der Waals surface area contributed by atoms with Gasteiger partial charge >= 0.3 is 0 Å². The molecule has 0 saturated heterocycles. The van der Waals surface area contributed by atoms with Crippen molar-refractivity contribution in [1.29, 1.82) is 0 Å². The number of aliphatic hydroxyl groups is 1. The van der Waals surface area contributed by atoms with Gasteiger partial charge in [0.2, 0.25) is 0 Å². The van der Waals surface area contributed by atoms with Gasteiger partial charge in [-0.05, 0) is 30.7 Å². The fourth-order valence-electron chi connectivity index (χ4n) is 2.47. The van der Waals surface area contributed by atoms with Crippen LogP contribution in [0.4, 0.5) is 4.39 Å². The molecule has 2 aromatic heterocycles. The highest BCUT2D eigenvalue weighted by atomic mass is 19.1. The summed E-state index contributed by atoms with van der Waals surface area (Å²) in [4.78, 5) is 28.7. The fraction of sp³-hybridized carbons (Fsp3) is 0.167. The Balaban J connectivity index is 1.79. The zero-order valence-corrected chi connectivity index (χ0v) is 13.4. The van der Waals surface area contributed by atoms with Crippen LogP contribution in [0, 0.1) is 12.7 Å². The molecule has 0 radical (unpaired) electrons. The number of nitrogens with one attached hydrogen (secondary N) is 1. The van der Waals surface area contributed by atoms with Crippen molar-refractivity contribution in [2.75, 3.05) is 6.54 Å². The second-order valence-corrected chi connectivity index (χ2v) is 5.66. The van der Waals surface area contributed by atoms with Gasteiger partial charge in [0, 0.05) is 24.5 Å². The van der Waals surface area contributed by atoms with Crippen LogP contribution in [0.3, 0.4) is 0 Å². The first-order valence-electron chi connectivity index (χ1n) is 7.66. The predicted molar refractivity (Wildman–Crippen MR) is 89.9 cm³/mol. The van der Waals surface area contributed by atoms with Gasteiger partial charge < -0.3 is 10.4 Å². The molecule has 0 bridgehead atoms. The maximum absolute atomic E-state index is 13.6. The number of aliphatic hydroxyl groups excluding tert-OH is 1. The number of hydrogen-bond acceptors (Lipinski definition) is 4. The molecule has 0 fully saturated rings. The second-order valence-electron chi connectivity index (χ2n) is 5.66. The molecular formula is C18H16FN3O3. The number of carbonyl (C=O) groups is 1. The summed E-state index contributed by atoms with van der Waals surface area (Å²) in [5.74, 6) is -1.24. The average Bonchev–Trinajstić information content (AvgIpc) is 2.60. The largest absolute Gasteiger partial charge is 0.386 e. The van der Waals surface area contributed by atoms with E-state index in [1.54, 1.807) is 24.4 Å². The third-order valence-electron chi connectivity index (χ3n) is 3.83. The quantitative estimate of drug-likeness (QED) is 0.755. The van der Waals surface area contributed by atoms with Crippen molar-refractivity contribution in [2.24, 2.45) is 0 Å². The number of aryl methyl sites for hydroxylation is 1. The van der Waals surface area contributed by atoms with Crippen molar-refractivity contribution in [3.8, 4) is 0 Å². The minimum Gasteiger partial charge on any atom is -0.386 e. The maximum Gasteiger partial charge on any atom is 0.270 e. The van der Waals surface area contributed by atoms with Crippen molar-refractivity contribution in [3.63, 3.8) is 0 Å². The van der Waals surface area contributed by atoms with E-state index in [9.17, 15) is 19.1 Å². The molecular weight excluding hydrogens is 325 g/mol. The van der Waals surface area contributed by atoms with Crippen molar-refractivity contribution >= 4 is 11.6 Å². The Labute approximate surface area is 142 Å². The normalized spacial score (nSPS) is 12.1. The molecule has 2 N–H and O–H groups in total. The van der Waals surface area contributed by atoms with E-state index in [0.717, 1.165) is 5.56 Å². The summed E-state index contributed by atoms with van der Waals surface area (Å²) in [5, 5.41) is 12.4. The number of pyridine rings is 1. The molecule has 0 aliphatic rings. The van der Waals surface area contributed by atoms with Crippen LogP contribution in [0.15, 0.2) is 53.6 Å². The van der Waals surface area contributed by atoms with E-state index >= 15 is 0 Å². The molecule has 1 atom stereocenters. The number of aromatic nitrogens is 2. The Bertz CT molecular complexity index is 1000. The molecule has 7 heteroatoms. The average molecular weight is 341 g/mol. The zero-order valence-electron chi connectivity index (χ0n) is 13.4. The van der Waals surface area contributed by atoms with Gasteiger partial charge in [-0.15, -0.1) is 0 Å². The van der Waals surface area contributed by atoms with E-state index in [0.29, 0.717) is 5.65 Å². The van der Waals surface area contributed by atoms with Crippen molar-refractivity contribution in [3.05, 3.63) is 81.7 Å². The third kappa shape index (κ3) is 3.41. The summed E-state index contributed by atoms with van der Waals surface area (Å²) in [6.07, 6.45) is 1.52. The van der Waals surface area contributed by atoms with Crippen molar-refractivity contribution in [2.45, 2.75) is 13.0 Å². The molecule has 25 heavy (non-hydrogen) atoms. The van der Waals surface area contributed by atoms with Gasteiger partial charge in [0.1, 0.15) is 17.0 Å². The minimum atomic E-state index is -1.22. The van der Waals surface area contributed by atoms with Crippen LogP contribution in [0.1, 0.15) is 27.6 Å². The molecule has 6 nitrogen and oxygen atoms in total. The number of benzene rings is 1. The first-order valence-corrected chi connectivity index (χ1v) is 7.66. The highest BCUT2D eigenvalue weighted by Gasteiger charge is 2.17. The lowest BCUT2D eigenvalue weighted by Crippen LogP contribution is -2.34. The molecule has 3 rings (SSSR count). The van der Waals surface area contributed by atoms with Crippen LogP contribution in [0.5, 0.6) is 0 Å².